The molecule has 2 aromatic rings. The molecule has 0 bridgehead atoms. The van der Waals surface area contributed by atoms with Gasteiger partial charge in [0.1, 0.15) is 11.8 Å². The Labute approximate surface area is 98.5 Å². The topological polar surface area (TPSA) is 38.1 Å². The summed E-state index contributed by atoms with van der Waals surface area (Å²) in [6.45, 7) is 3.13. The molecule has 0 aliphatic carbocycles. The van der Waals surface area contributed by atoms with Crippen molar-refractivity contribution < 1.29 is 4.42 Å². The Morgan fingerprint density at radius 1 is 1.62 bits per heavy atom. The molecular formula is C12H14N2OS. The van der Waals surface area contributed by atoms with Crippen LogP contribution in [0.4, 0.5) is 0 Å². The molecule has 4 heteroatoms. The first kappa shape index (κ1) is 10.1. The van der Waals surface area contributed by atoms with Gasteiger partial charge in [0.25, 0.3) is 0 Å². The fourth-order valence-corrected chi connectivity index (χ4v) is 2.88. The van der Waals surface area contributed by atoms with E-state index in [2.05, 4.69) is 28.7 Å². The van der Waals surface area contributed by atoms with Crippen molar-refractivity contribution in [3.05, 3.63) is 39.7 Å². The minimum Gasteiger partial charge on any atom is -0.467 e. The van der Waals surface area contributed by atoms with Crippen molar-refractivity contribution in [2.24, 2.45) is 0 Å². The summed E-state index contributed by atoms with van der Waals surface area (Å²) in [7, 11) is 0. The van der Waals surface area contributed by atoms with Gasteiger partial charge in [0.15, 0.2) is 0 Å². The molecule has 84 valence electrons. The molecule has 1 aliphatic heterocycles. The van der Waals surface area contributed by atoms with Crippen molar-refractivity contribution >= 4 is 11.3 Å². The number of aromatic nitrogens is 1. The van der Waals surface area contributed by atoms with Gasteiger partial charge in [-0.05, 0) is 24.5 Å². The molecule has 16 heavy (non-hydrogen) atoms. The van der Waals surface area contributed by atoms with E-state index in [4.69, 9.17) is 4.42 Å². The van der Waals surface area contributed by atoms with Crippen molar-refractivity contribution in [2.75, 3.05) is 6.54 Å². The third-order valence-corrected chi connectivity index (χ3v) is 3.96. The van der Waals surface area contributed by atoms with Crippen LogP contribution in [0.2, 0.25) is 0 Å². The maximum absolute atomic E-state index is 5.57. The average molecular weight is 234 g/mol. The van der Waals surface area contributed by atoms with Crippen molar-refractivity contribution in [1.82, 2.24) is 10.3 Å². The molecule has 0 amide bonds. The molecule has 0 spiro atoms. The SMILES string of the molecule is CCc1nc(C2NCCc3ccoc32)cs1. The highest BCUT2D eigenvalue weighted by Gasteiger charge is 2.26. The maximum Gasteiger partial charge on any atom is 0.130 e. The van der Waals surface area contributed by atoms with E-state index in [0.29, 0.717) is 0 Å². The minimum absolute atomic E-state index is 0.148. The van der Waals surface area contributed by atoms with Gasteiger partial charge in [0.2, 0.25) is 0 Å². The number of rotatable bonds is 2. The molecule has 3 rings (SSSR count). The minimum atomic E-state index is 0.148. The van der Waals surface area contributed by atoms with E-state index in [1.165, 1.54) is 10.6 Å². The van der Waals surface area contributed by atoms with Gasteiger partial charge in [-0.15, -0.1) is 11.3 Å². The van der Waals surface area contributed by atoms with Crippen LogP contribution in [0.15, 0.2) is 22.1 Å². The monoisotopic (exact) mass is 234 g/mol. The second-order valence-corrected chi connectivity index (χ2v) is 4.91. The zero-order valence-corrected chi connectivity index (χ0v) is 10.0. The van der Waals surface area contributed by atoms with Crippen LogP contribution in [0.25, 0.3) is 0 Å². The van der Waals surface area contributed by atoms with Crippen LogP contribution >= 0.6 is 11.3 Å². The van der Waals surface area contributed by atoms with Gasteiger partial charge in [-0.3, -0.25) is 0 Å². The quantitative estimate of drug-likeness (QED) is 0.867. The summed E-state index contributed by atoms with van der Waals surface area (Å²) in [6.07, 6.45) is 3.83. The second kappa shape index (κ2) is 4.03. The molecule has 0 saturated heterocycles. The number of furan rings is 1. The van der Waals surface area contributed by atoms with Gasteiger partial charge in [0, 0.05) is 11.9 Å². The first-order chi connectivity index (χ1) is 7.88. The molecule has 0 saturated carbocycles. The van der Waals surface area contributed by atoms with Gasteiger partial charge in [-0.1, -0.05) is 6.92 Å². The van der Waals surface area contributed by atoms with Gasteiger partial charge in [0.05, 0.1) is 17.0 Å². The number of nitrogens with one attached hydrogen (secondary N) is 1. The summed E-state index contributed by atoms with van der Waals surface area (Å²) in [5.74, 6) is 1.04. The first-order valence-electron chi connectivity index (χ1n) is 5.62. The van der Waals surface area contributed by atoms with Crippen molar-refractivity contribution in [3.8, 4) is 0 Å². The molecule has 1 aliphatic rings. The summed E-state index contributed by atoms with van der Waals surface area (Å²) < 4.78 is 5.57. The van der Waals surface area contributed by atoms with Crippen LogP contribution in [0, 0.1) is 0 Å². The highest BCUT2D eigenvalue weighted by atomic mass is 32.1. The Morgan fingerprint density at radius 2 is 2.56 bits per heavy atom. The van der Waals surface area contributed by atoms with Gasteiger partial charge >= 0.3 is 0 Å². The van der Waals surface area contributed by atoms with E-state index in [1.807, 2.05) is 0 Å². The summed E-state index contributed by atoms with van der Waals surface area (Å²) in [4.78, 5) is 4.63. The normalized spacial score (nSPS) is 19.7. The lowest BCUT2D eigenvalue weighted by Crippen LogP contribution is -2.29. The lowest BCUT2D eigenvalue weighted by Gasteiger charge is -2.21. The molecule has 1 N–H and O–H groups in total. The predicted molar refractivity (Wildman–Crippen MR) is 63.7 cm³/mol. The highest BCUT2D eigenvalue weighted by molar-refractivity contribution is 7.09. The number of thiazole rings is 1. The van der Waals surface area contributed by atoms with Crippen LogP contribution < -0.4 is 5.32 Å². The molecule has 1 atom stereocenters. The Bertz CT molecular complexity index is 489. The molecule has 3 nitrogen and oxygen atoms in total. The van der Waals surface area contributed by atoms with Crippen LogP contribution in [0.3, 0.4) is 0 Å². The average Bonchev–Trinajstić information content (AvgIpc) is 2.97. The standard InChI is InChI=1S/C12H14N2OS/c1-2-10-14-9(7-16-10)11-12-8(3-5-13-11)4-6-15-12/h4,6-7,11,13H,2-3,5H2,1H3. The van der Waals surface area contributed by atoms with E-state index in [1.54, 1.807) is 17.6 Å². The van der Waals surface area contributed by atoms with E-state index in [0.717, 1.165) is 30.8 Å². The van der Waals surface area contributed by atoms with Crippen molar-refractivity contribution in [3.63, 3.8) is 0 Å². The molecular weight excluding hydrogens is 220 g/mol. The maximum atomic E-state index is 5.57. The molecule has 2 aromatic heterocycles. The second-order valence-electron chi connectivity index (χ2n) is 3.97. The van der Waals surface area contributed by atoms with E-state index < -0.39 is 0 Å². The number of nitrogens with zero attached hydrogens (tertiary/aromatic N) is 1. The zero-order valence-electron chi connectivity index (χ0n) is 9.19. The third-order valence-electron chi connectivity index (χ3n) is 2.95. The van der Waals surface area contributed by atoms with Crippen molar-refractivity contribution in [2.45, 2.75) is 25.8 Å². The van der Waals surface area contributed by atoms with Crippen molar-refractivity contribution in [1.29, 1.82) is 0 Å². The third kappa shape index (κ3) is 1.58. The summed E-state index contributed by atoms with van der Waals surface area (Å²) in [5, 5.41) is 6.79. The fourth-order valence-electron chi connectivity index (χ4n) is 2.11. The Kier molecular flexibility index (Phi) is 2.53. The number of fused-ring (bicyclic) bond motifs is 1. The summed E-state index contributed by atoms with van der Waals surface area (Å²) in [6, 6.07) is 2.21. The Hall–Kier alpha value is -1.13. The Morgan fingerprint density at radius 3 is 3.38 bits per heavy atom. The zero-order chi connectivity index (χ0) is 11.0. The molecule has 0 radical (unpaired) electrons. The van der Waals surface area contributed by atoms with Crippen LogP contribution in [-0.2, 0) is 12.8 Å². The highest BCUT2D eigenvalue weighted by Crippen LogP contribution is 2.30. The van der Waals surface area contributed by atoms with E-state index >= 15 is 0 Å². The predicted octanol–water partition coefficient (Wildman–Crippen LogP) is 2.53. The summed E-state index contributed by atoms with van der Waals surface area (Å²) >= 11 is 1.73. The van der Waals surface area contributed by atoms with E-state index in [9.17, 15) is 0 Å². The van der Waals surface area contributed by atoms with Gasteiger partial charge < -0.3 is 9.73 Å². The van der Waals surface area contributed by atoms with Gasteiger partial charge in [-0.25, -0.2) is 4.98 Å². The molecule has 0 aromatic carbocycles. The lowest BCUT2D eigenvalue weighted by atomic mass is 10.0. The smallest absolute Gasteiger partial charge is 0.130 e. The first-order valence-corrected chi connectivity index (χ1v) is 6.50. The molecule has 3 heterocycles. The Balaban J connectivity index is 1.97. The van der Waals surface area contributed by atoms with Crippen LogP contribution in [0.1, 0.15) is 35.0 Å². The number of aryl methyl sites for hydroxylation is 1. The van der Waals surface area contributed by atoms with E-state index in [-0.39, 0.29) is 6.04 Å². The molecule has 0 fully saturated rings. The lowest BCUT2D eigenvalue weighted by molar-refractivity contribution is 0.421. The summed E-state index contributed by atoms with van der Waals surface area (Å²) in [5.41, 5.74) is 2.41. The van der Waals surface area contributed by atoms with Crippen LogP contribution in [-0.4, -0.2) is 11.5 Å². The number of hydrogen-bond donors (Lipinski definition) is 1. The van der Waals surface area contributed by atoms with Gasteiger partial charge in [-0.2, -0.15) is 0 Å². The molecule has 1 unspecified atom stereocenters. The number of hydrogen-bond acceptors (Lipinski definition) is 4. The van der Waals surface area contributed by atoms with Crippen LogP contribution in [0.5, 0.6) is 0 Å². The fraction of sp³-hybridized carbons (Fsp3) is 0.417. The largest absolute Gasteiger partial charge is 0.467 e.